The second-order valence-electron chi connectivity index (χ2n) is 5.29. The van der Waals surface area contributed by atoms with E-state index < -0.39 is 5.92 Å². The Labute approximate surface area is 126 Å². The van der Waals surface area contributed by atoms with Crippen LogP contribution in [0.3, 0.4) is 0 Å². The molecule has 0 bridgehead atoms. The van der Waals surface area contributed by atoms with Crippen LogP contribution in [-0.4, -0.2) is 16.0 Å². The maximum Gasteiger partial charge on any atom is 0.205 e. The Morgan fingerprint density at radius 1 is 1.27 bits per heavy atom. The average molecular weight is 298 g/mol. The number of carbonyl (C=O) groups excluding carboxylic acids is 1. The number of ketones is 1. The van der Waals surface area contributed by atoms with Gasteiger partial charge in [0.15, 0.2) is 17.3 Å². The summed E-state index contributed by atoms with van der Waals surface area (Å²) in [5, 5.41) is 28.5. The Morgan fingerprint density at radius 2 is 2.05 bits per heavy atom. The van der Waals surface area contributed by atoms with E-state index in [9.17, 15) is 20.3 Å². The summed E-state index contributed by atoms with van der Waals surface area (Å²) in [6.07, 6.45) is 1.66. The number of rotatable bonds is 1. The molecule has 3 rings (SSSR count). The molecule has 0 amide bonds. The fraction of sp³-hybridized carbons (Fsp3) is 0.250. The van der Waals surface area contributed by atoms with Gasteiger partial charge in [0.05, 0.1) is 5.92 Å². The third-order valence-electron chi connectivity index (χ3n) is 3.94. The lowest BCUT2D eigenvalue weighted by molar-refractivity contribution is -0.116. The fourth-order valence-electron chi connectivity index (χ4n) is 2.91. The highest BCUT2D eigenvalue weighted by Gasteiger charge is 2.38. The van der Waals surface area contributed by atoms with Crippen LogP contribution in [0.4, 0.5) is 0 Å². The van der Waals surface area contributed by atoms with Crippen molar-refractivity contribution in [2.75, 3.05) is 0 Å². The van der Waals surface area contributed by atoms with Crippen LogP contribution >= 0.6 is 0 Å². The van der Waals surface area contributed by atoms with Crippen molar-refractivity contribution in [3.63, 3.8) is 0 Å². The van der Waals surface area contributed by atoms with Crippen molar-refractivity contribution < 1.29 is 19.7 Å². The number of carbonyl (C=O) groups is 1. The Balaban J connectivity index is 2.20. The molecule has 0 aromatic heterocycles. The summed E-state index contributed by atoms with van der Waals surface area (Å²) in [6.45, 7) is 0. The number of hydrogen-bond donors (Lipinski definition) is 3. The topological polar surface area (TPSA) is 117 Å². The van der Waals surface area contributed by atoms with Crippen molar-refractivity contribution >= 4 is 5.78 Å². The minimum Gasteiger partial charge on any atom is -0.504 e. The van der Waals surface area contributed by atoms with Gasteiger partial charge in [-0.3, -0.25) is 4.79 Å². The molecule has 0 saturated carbocycles. The Morgan fingerprint density at radius 3 is 2.73 bits per heavy atom. The largest absolute Gasteiger partial charge is 0.504 e. The van der Waals surface area contributed by atoms with Crippen LogP contribution < -0.4 is 5.73 Å². The van der Waals surface area contributed by atoms with E-state index in [4.69, 9.17) is 10.5 Å². The highest BCUT2D eigenvalue weighted by atomic mass is 16.5. The van der Waals surface area contributed by atoms with Crippen LogP contribution in [0.25, 0.3) is 0 Å². The van der Waals surface area contributed by atoms with Gasteiger partial charge >= 0.3 is 0 Å². The monoisotopic (exact) mass is 298 g/mol. The number of Topliss-reactive ketones (excluding diaryl/α,β-unsaturated/α-hetero) is 1. The van der Waals surface area contributed by atoms with E-state index in [1.54, 1.807) is 6.07 Å². The second kappa shape index (κ2) is 5.11. The van der Waals surface area contributed by atoms with E-state index in [2.05, 4.69) is 0 Å². The van der Waals surface area contributed by atoms with Crippen molar-refractivity contribution in [1.29, 1.82) is 5.26 Å². The van der Waals surface area contributed by atoms with Crippen LogP contribution in [0.5, 0.6) is 11.5 Å². The molecule has 6 heteroatoms. The van der Waals surface area contributed by atoms with Crippen LogP contribution in [0.2, 0.25) is 0 Å². The van der Waals surface area contributed by atoms with E-state index in [1.807, 2.05) is 6.07 Å². The van der Waals surface area contributed by atoms with E-state index in [0.717, 1.165) is 0 Å². The predicted molar refractivity (Wildman–Crippen MR) is 76.3 cm³/mol. The molecule has 4 N–H and O–H groups in total. The second-order valence-corrected chi connectivity index (χ2v) is 5.29. The van der Waals surface area contributed by atoms with Gasteiger partial charge in [-0.25, -0.2) is 0 Å². The van der Waals surface area contributed by atoms with Crippen molar-refractivity contribution in [2.45, 2.75) is 25.2 Å². The number of benzene rings is 1. The number of ether oxygens (including phenoxy) is 1. The van der Waals surface area contributed by atoms with Gasteiger partial charge < -0.3 is 20.7 Å². The highest BCUT2D eigenvalue weighted by Crippen LogP contribution is 2.44. The van der Waals surface area contributed by atoms with Gasteiger partial charge in [-0.15, -0.1) is 0 Å². The van der Waals surface area contributed by atoms with Crippen LogP contribution in [0.15, 0.2) is 41.0 Å². The number of phenolic OH excluding ortho intramolecular Hbond substituents is 2. The minimum atomic E-state index is -0.673. The average Bonchev–Trinajstić information content (AvgIpc) is 2.49. The molecule has 112 valence electrons. The molecule has 2 aliphatic rings. The van der Waals surface area contributed by atoms with Crippen molar-refractivity contribution in [1.82, 2.24) is 0 Å². The van der Waals surface area contributed by atoms with Crippen molar-refractivity contribution in [3.8, 4) is 17.6 Å². The third-order valence-corrected chi connectivity index (χ3v) is 3.94. The number of aromatic hydroxyl groups is 2. The molecule has 1 heterocycles. The molecule has 0 saturated heterocycles. The number of nitrogens with zero attached hydrogens (tertiary/aromatic N) is 1. The first-order valence-corrected chi connectivity index (χ1v) is 6.88. The van der Waals surface area contributed by atoms with E-state index in [1.165, 1.54) is 12.1 Å². The maximum atomic E-state index is 12.3. The number of allylic oxidation sites excluding steroid dienone is 3. The molecular weight excluding hydrogens is 284 g/mol. The Kier molecular flexibility index (Phi) is 3.26. The van der Waals surface area contributed by atoms with Crippen molar-refractivity contribution in [3.05, 3.63) is 46.6 Å². The van der Waals surface area contributed by atoms with E-state index >= 15 is 0 Å². The zero-order valence-corrected chi connectivity index (χ0v) is 11.7. The van der Waals surface area contributed by atoms with Gasteiger partial charge in [0.2, 0.25) is 5.88 Å². The Hall–Kier alpha value is -2.94. The molecule has 1 atom stereocenters. The molecule has 6 nitrogen and oxygen atoms in total. The third kappa shape index (κ3) is 2.07. The highest BCUT2D eigenvalue weighted by molar-refractivity contribution is 5.99. The number of nitriles is 1. The van der Waals surface area contributed by atoms with Crippen molar-refractivity contribution in [2.24, 2.45) is 5.73 Å². The molecule has 0 radical (unpaired) electrons. The van der Waals surface area contributed by atoms with Gasteiger partial charge in [-0.1, -0.05) is 6.07 Å². The minimum absolute atomic E-state index is 0.0199. The standard InChI is InChI=1S/C16H14N2O4/c17-7-9-14(8-4-5-10(19)12(21)6-8)15-11(20)2-1-3-13(15)22-16(9)18/h4-6,14,19,21H,1-3,18H2. The molecule has 0 fully saturated rings. The lowest BCUT2D eigenvalue weighted by Crippen LogP contribution is -2.27. The summed E-state index contributed by atoms with van der Waals surface area (Å²) in [5.41, 5.74) is 6.89. The normalized spacial score (nSPS) is 21.2. The van der Waals surface area contributed by atoms with E-state index in [0.29, 0.717) is 36.2 Å². The molecule has 22 heavy (non-hydrogen) atoms. The lowest BCUT2D eigenvalue weighted by Gasteiger charge is -2.31. The van der Waals surface area contributed by atoms with Gasteiger partial charge in [0.1, 0.15) is 17.4 Å². The van der Waals surface area contributed by atoms with Crippen LogP contribution in [0, 0.1) is 11.3 Å². The van der Waals surface area contributed by atoms with Crippen LogP contribution in [0.1, 0.15) is 30.7 Å². The summed E-state index contributed by atoms with van der Waals surface area (Å²) in [4.78, 5) is 12.3. The number of nitrogens with two attached hydrogens (primary N) is 1. The first-order chi connectivity index (χ1) is 10.5. The summed E-state index contributed by atoms with van der Waals surface area (Å²) < 4.78 is 5.45. The number of hydrogen-bond acceptors (Lipinski definition) is 6. The molecule has 1 aliphatic heterocycles. The predicted octanol–water partition coefficient (Wildman–Crippen LogP) is 1.91. The summed E-state index contributed by atoms with van der Waals surface area (Å²) in [5.74, 6) is -0.869. The Bertz CT molecular complexity index is 771. The summed E-state index contributed by atoms with van der Waals surface area (Å²) >= 11 is 0. The van der Waals surface area contributed by atoms with E-state index in [-0.39, 0.29) is 28.7 Å². The smallest absolute Gasteiger partial charge is 0.205 e. The first-order valence-electron chi connectivity index (χ1n) is 6.88. The molecule has 1 aromatic rings. The molecule has 1 aliphatic carbocycles. The number of phenols is 2. The van der Waals surface area contributed by atoms with Gasteiger partial charge in [-0.2, -0.15) is 5.26 Å². The first kappa shape index (κ1) is 14.0. The summed E-state index contributed by atoms with van der Waals surface area (Å²) in [7, 11) is 0. The summed E-state index contributed by atoms with van der Waals surface area (Å²) in [6, 6.07) is 6.20. The molecular formula is C16H14N2O4. The molecule has 0 spiro atoms. The van der Waals surface area contributed by atoms with Gasteiger partial charge in [-0.05, 0) is 24.1 Å². The fourth-order valence-corrected chi connectivity index (χ4v) is 2.91. The molecule has 1 unspecified atom stereocenters. The lowest BCUT2D eigenvalue weighted by atomic mass is 9.77. The SMILES string of the molecule is N#CC1=C(N)OC2=C(C(=O)CCC2)C1c1ccc(O)c(O)c1. The maximum absolute atomic E-state index is 12.3. The zero-order chi connectivity index (χ0) is 15.9. The van der Waals surface area contributed by atoms with Crippen LogP contribution in [-0.2, 0) is 9.53 Å². The molecule has 1 aromatic carbocycles. The van der Waals surface area contributed by atoms with Gasteiger partial charge in [0.25, 0.3) is 0 Å². The quantitative estimate of drug-likeness (QED) is 0.682. The zero-order valence-electron chi connectivity index (χ0n) is 11.7. The van der Waals surface area contributed by atoms with Gasteiger partial charge in [0, 0.05) is 18.4 Å².